The molecule has 1 aromatic heterocycles. The second-order valence-corrected chi connectivity index (χ2v) is 6.63. The maximum Gasteiger partial charge on any atom is 0.244 e. The molecule has 1 aromatic rings. The van der Waals surface area contributed by atoms with Gasteiger partial charge < -0.3 is 5.11 Å². The summed E-state index contributed by atoms with van der Waals surface area (Å²) >= 11 is 1.32. The molecule has 0 bridgehead atoms. The van der Waals surface area contributed by atoms with Gasteiger partial charge in [0, 0.05) is 22.8 Å². The summed E-state index contributed by atoms with van der Waals surface area (Å²) in [5.74, 6) is 0. The zero-order valence-electron chi connectivity index (χ0n) is 9.73. The van der Waals surface area contributed by atoms with Crippen LogP contribution in [0.4, 0.5) is 0 Å². The molecule has 4 nitrogen and oxygen atoms in total. The fourth-order valence-electron chi connectivity index (χ4n) is 1.56. The van der Waals surface area contributed by atoms with E-state index in [-0.39, 0.29) is 6.61 Å². The average Bonchev–Trinajstić information content (AvgIpc) is 2.61. The third kappa shape index (κ3) is 2.45. The molecular weight excluding hydrogens is 246 g/mol. The molecular formula is C10H17NO3S2. The first kappa shape index (κ1) is 13.6. The molecule has 0 aromatic carbocycles. The van der Waals surface area contributed by atoms with E-state index in [4.69, 9.17) is 5.11 Å². The fourth-order valence-corrected chi connectivity index (χ4v) is 4.48. The molecule has 0 aliphatic carbocycles. The van der Waals surface area contributed by atoms with Crippen molar-refractivity contribution in [2.45, 2.75) is 32.3 Å². The van der Waals surface area contributed by atoms with Gasteiger partial charge >= 0.3 is 0 Å². The maximum absolute atomic E-state index is 12.2. The van der Waals surface area contributed by atoms with E-state index in [0.29, 0.717) is 22.9 Å². The molecule has 0 atom stereocenters. The number of rotatable bonds is 5. The van der Waals surface area contributed by atoms with Crippen molar-refractivity contribution in [2.75, 3.05) is 13.1 Å². The lowest BCUT2D eigenvalue weighted by Crippen LogP contribution is -2.30. The molecule has 1 rings (SSSR count). The van der Waals surface area contributed by atoms with Gasteiger partial charge in [0.15, 0.2) is 0 Å². The summed E-state index contributed by atoms with van der Waals surface area (Å²) in [6.07, 6.45) is 0. The van der Waals surface area contributed by atoms with Crippen LogP contribution in [0, 0.1) is 6.92 Å². The van der Waals surface area contributed by atoms with Crippen LogP contribution in [0.2, 0.25) is 0 Å². The van der Waals surface area contributed by atoms with Crippen molar-refractivity contribution in [3.05, 3.63) is 15.8 Å². The van der Waals surface area contributed by atoms with Gasteiger partial charge in [-0.1, -0.05) is 13.8 Å². The fraction of sp³-hybridized carbons (Fsp3) is 0.600. The largest absolute Gasteiger partial charge is 0.391 e. The third-order valence-corrected chi connectivity index (χ3v) is 5.74. The van der Waals surface area contributed by atoms with Gasteiger partial charge in [0.25, 0.3) is 0 Å². The second-order valence-electron chi connectivity index (χ2n) is 3.38. The minimum absolute atomic E-state index is 0.112. The molecule has 16 heavy (non-hydrogen) atoms. The van der Waals surface area contributed by atoms with Crippen LogP contribution in [0.5, 0.6) is 0 Å². The predicted molar refractivity (Wildman–Crippen MR) is 65.1 cm³/mol. The number of aliphatic hydroxyl groups excluding tert-OH is 1. The highest BCUT2D eigenvalue weighted by molar-refractivity contribution is 7.89. The first-order valence-corrected chi connectivity index (χ1v) is 7.43. The molecule has 1 heterocycles. The summed E-state index contributed by atoms with van der Waals surface area (Å²) < 4.78 is 25.8. The summed E-state index contributed by atoms with van der Waals surface area (Å²) in [5, 5.41) is 9.00. The van der Waals surface area contributed by atoms with Crippen LogP contribution in [0.15, 0.2) is 11.0 Å². The number of hydrogen-bond acceptors (Lipinski definition) is 4. The van der Waals surface area contributed by atoms with Gasteiger partial charge in [-0.2, -0.15) is 4.31 Å². The quantitative estimate of drug-likeness (QED) is 0.877. The summed E-state index contributed by atoms with van der Waals surface area (Å²) in [7, 11) is -3.39. The molecule has 1 N–H and O–H groups in total. The highest BCUT2D eigenvalue weighted by Gasteiger charge is 2.25. The molecule has 0 saturated heterocycles. The number of thiophene rings is 1. The van der Waals surface area contributed by atoms with E-state index >= 15 is 0 Å². The van der Waals surface area contributed by atoms with Crippen molar-refractivity contribution >= 4 is 21.4 Å². The minimum atomic E-state index is -3.39. The zero-order chi connectivity index (χ0) is 12.3. The number of nitrogens with zero attached hydrogens (tertiary/aromatic N) is 1. The zero-order valence-corrected chi connectivity index (χ0v) is 11.4. The smallest absolute Gasteiger partial charge is 0.244 e. The van der Waals surface area contributed by atoms with Crippen LogP contribution in [0.1, 0.15) is 23.6 Å². The lowest BCUT2D eigenvalue weighted by molar-refractivity contribution is 0.285. The number of aliphatic hydroxyl groups is 1. The Balaban J connectivity index is 3.21. The molecule has 0 radical (unpaired) electrons. The number of aryl methyl sites for hydroxylation is 1. The van der Waals surface area contributed by atoms with Crippen LogP contribution in [-0.4, -0.2) is 30.9 Å². The Kier molecular flexibility index (Phi) is 4.49. The van der Waals surface area contributed by atoms with Gasteiger partial charge in [-0.15, -0.1) is 11.3 Å². The Morgan fingerprint density at radius 2 is 1.94 bits per heavy atom. The summed E-state index contributed by atoms with van der Waals surface area (Å²) in [6.45, 7) is 6.20. The van der Waals surface area contributed by atoms with Crippen LogP contribution in [0.3, 0.4) is 0 Å². The maximum atomic E-state index is 12.2. The molecule has 0 fully saturated rings. The molecule has 6 heteroatoms. The standard InChI is InChI=1S/C10H17NO3S2/c1-4-11(5-2)16(13,14)10-6-9(7-12)15-8(10)3/h6,12H,4-5,7H2,1-3H3. The Labute approximate surface area is 101 Å². The van der Waals surface area contributed by atoms with Gasteiger partial charge in [-0.25, -0.2) is 8.42 Å². The topological polar surface area (TPSA) is 57.6 Å². The van der Waals surface area contributed by atoms with E-state index in [1.807, 2.05) is 13.8 Å². The normalized spacial score (nSPS) is 12.3. The Hall–Kier alpha value is -0.430. The highest BCUT2D eigenvalue weighted by atomic mass is 32.2. The second kappa shape index (κ2) is 5.27. The van der Waals surface area contributed by atoms with Crippen molar-refractivity contribution in [1.82, 2.24) is 4.31 Å². The van der Waals surface area contributed by atoms with Crippen molar-refractivity contribution < 1.29 is 13.5 Å². The molecule has 0 aliphatic rings. The molecule has 92 valence electrons. The molecule has 0 unspecified atom stereocenters. The molecule has 0 saturated carbocycles. The van der Waals surface area contributed by atoms with Crippen molar-refractivity contribution in [2.24, 2.45) is 0 Å². The average molecular weight is 263 g/mol. The van der Waals surface area contributed by atoms with Crippen LogP contribution in [-0.2, 0) is 16.6 Å². The van der Waals surface area contributed by atoms with Gasteiger partial charge in [-0.3, -0.25) is 0 Å². The van der Waals surface area contributed by atoms with Crippen LogP contribution >= 0.6 is 11.3 Å². The lowest BCUT2D eigenvalue weighted by atomic mass is 10.4. The van der Waals surface area contributed by atoms with Gasteiger partial charge in [0.1, 0.15) is 0 Å². The minimum Gasteiger partial charge on any atom is -0.391 e. The first-order chi connectivity index (χ1) is 7.47. The Morgan fingerprint density at radius 1 is 1.38 bits per heavy atom. The summed E-state index contributed by atoms with van der Waals surface area (Å²) in [4.78, 5) is 1.74. The van der Waals surface area contributed by atoms with Crippen LogP contribution in [0.25, 0.3) is 0 Å². The van der Waals surface area contributed by atoms with Crippen molar-refractivity contribution in [3.63, 3.8) is 0 Å². The monoisotopic (exact) mass is 263 g/mol. The van der Waals surface area contributed by atoms with E-state index in [9.17, 15) is 8.42 Å². The Bertz CT molecular complexity index is 447. The van der Waals surface area contributed by atoms with E-state index in [2.05, 4.69) is 0 Å². The van der Waals surface area contributed by atoms with Gasteiger partial charge in [0.2, 0.25) is 10.0 Å². The molecule has 0 amide bonds. The first-order valence-electron chi connectivity index (χ1n) is 5.17. The molecule has 0 aliphatic heterocycles. The van der Waals surface area contributed by atoms with Crippen LogP contribution < -0.4 is 0 Å². The van der Waals surface area contributed by atoms with E-state index in [1.165, 1.54) is 15.6 Å². The van der Waals surface area contributed by atoms with Crippen molar-refractivity contribution in [1.29, 1.82) is 0 Å². The van der Waals surface area contributed by atoms with Gasteiger partial charge in [0.05, 0.1) is 11.5 Å². The lowest BCUT2D eigenvalue weighted by Gasteiger charge is -2.17. The number of hydrogen-bond donors (Lipinski definition) is 1. The predicted octanol–water partition coefficient (Wildman–Crippen LogP) is 1.58. The SMILES string of the molecule is CCN(CC)S(=O)(=O)c1cc(CO)sc1C. The third-order valence-electron chi connectivity index (χ3n) is 2.40. The highest BCUT2D eigenvalue weighted by Crippen LogP contribution is 2.28. The van der Waals surface area contributed by atoms with E-state index < -0.39 is 10.0 Å². The summed E-state index contributed by atoms with van der Waals surface area (Å²) in [6, 6.07) is 1.56. The summed E-state index contributed by atoms with van der Waals surface area (Å²) in [5.41, 5.74) is 0. The van der Waals surface area contributed by atoms with E-state index in [1.54, 1.807) is 13.0 Å². The van der Waals surface area contributed by atoms with Crippen molar-refractivity contribution in [3.8, 4) is 0 Å². The Morgan fingerprint density at radius 3 is 2.31 bits per heavy atom. The van der Waals surface area contributed by atoms with E-state index in [0.717, 1.165) is 4.88 Å². The van der Waals surface area contributed by atoms with Gasteiger partial charge in [-0.05, 0) is 13.0 Å². The molecule has 0 spiro atoms. The number of sulfonamides is 1.